The van der Waals surface area contributed by atoms with E-state index < -0.39 is 0 Å². The molecule has 2 nitrogen and oxygen atoms in total. The summed E-state index contributed by atoms with van der Waals surface area (Å²) < 4.78 is 0. The fraction of sp³-hybridized carbons (Fsp3) is 0.333. The normalized spacial score (nSPS) is 9.57. The fourth-order valence-corrected chi connectivity index (χ4v) is 2.15. The van der Waals surface area contributed by atoms with Gasteiger partial charge < -0.3 is 10.6 Å². The summed E-state index contributed by atoms with van der Waals surface area (Å²) in [5.74, 6) is 0. The van der Waals surface area contributed by atoms with Crippen LogP contribution in [0.5, 0.6) is 0 Å². The molecule has 0 aromatic heterocycles. The standard InChI is InChI=1S/C19H24N2.C2H6/c1-4-5-16(3)21-19-12-10-18(11-13-19)20-14-17-8-6-15(2)7-9-17;1-2/h6-13,20-21H,3-5,14H2,1-2H3;1-2H3. The molecular formula is C21H30N2. The van der Waals surface area contributed by atoms with Gasteiger partial charge in [0.25, 0.3) is 0 Å². The van der Waals surface area contributed by atoms with E-state index in [1.165, 1.54) is 11.1 Å². The molecule has 23 heavy (non-hydrogen) atoms. The summed E-state index contributed by atoms with van der Waals surface area (Å²) >= 11 is 0. The molecule has 0 atom stereocenters. The SMILES string of the molecule is C=C(CCC)Nc1ccc(NCc2ccc(C)cc2)cc1.CC. The summed E-state index contributed by atoms with van der Waals surface area (Å²) in [7, 11) is 0. The lowest BCUT2D eigenvalue weighted by molar-refractivity contribution is 0.913. The Kier molecular flexibility index (Phi) is 8.59. The number of hydrogen-bond donors (Lipinski definition) is 2. The number of nitrogens with one attached hydrogen (secondary N) is 2. The summed E-state index contributed by atoms with van der Waals surface area (Å²) in [5.41, 5.74) is 5.87. The van der Waals surface area contributed by atoms with Crippen LogP contribution in [0.25, 0.3) is 0 Å². The molecule has 0 fully saturated rings. The van der Waals surface area contributed by atoms with E-state index in [0.717, 1.165) is 36.5 Å². The first-order valence-electron chi connectivity index (χ1n) is 8.51. The molecule has 0 aliphatic carbocycles. The van der Waals surface area contributed by atoms with E-state index in [0.29, 0.717) is 0 Å². The average Bonchev–Trinajstić information content (AvgIpc) is 2.58. The van der Waals surface area contributed by atoms with Gasteiger partial charge in [-0.3, -0.25) is 0 Å². The molecule has 124 valence electrons. The Morgan fingerprint density at radius 1 is 0.913 bits per heavy atom. The second-order valence-corrected chi connectivity index (χ2v) is 5.40. The highest BCUT2D eigenvalue weighted by atomic mass is 14.9. The fourth-order valence-electron chi connectivity index (χ4n) is 2.15. The molecule has 2 heteroatoms. The number of allylic oxidation sites excluding steroid dienone is 1. The van der Waals surface area contributed by atoms with Crippen molar-refractivity contribution >= 4 is 11.4 Å². The number of benzene rings is 2. The maximum Gasteiger partial charge on any atom is 0.0400 e. The van der Waals surface area contributed by atoms with E-state index >= 15 is 0 Å². The van der Waals surface area contributed by atoms with Gasteiger partial charge in [0.05, 0.1) is 0 Å². The van der Waals surface area contributed by atoms with Gasteiger partial charge in [-0.25, -0.2) is 0 Å². The van der Waals surface area contributed by atoms with E-state index in [2.05, 4.69) is 79.6 Å². The quantitative estimate of drug-likeness (QED) is 0.622. The van der Waals surface area contributed by atoms with Crippen molar-refractivity contribution in [2.24, 2.45) is 0 Å². The van der Waals surface area contributed by atoms with Crippen LogP contribution < -0.4 is 10.6 Å². The summed E-state index contributed by atoms with van der Waals surface area (Å²) in [6, 6.07) is 17.0. The van der Waals surface area contributed by atoms with E-state index in [9.17, 15) is 0 Å². The van der Waals surface area contributed by atoms with Crippen molar-refractivity contribution < 1.29 is 0 Å². The van der Waals surface area contributed by atoms with Crippen molar-refractivity contribution in [1.82, 2.24) is 0 Å². The zero-order chi connectivity index (χ0) is 17.1. The number of hydrogen-bond acceptors (Lipinski definition) is 2. The van der Waals surface area contributed by atoms with Crippen LogP contribution in [0, 0.1) is 6.92 Å². The monoisotopic (exact) mass is 310 g/mol. The van der Waals surface area contributed by atoms with Gasteiger partial charge >= 0.3 is 0 Å². The Morgan fingerprint density at radius 2 is 1.48 bits per heavy atom. The topological polar surface area (TPSA) is 24.1 Å². The molecule has 2 rings (SSSR count). The van der Waals surface area contributed by atoms with Crippen LogP contribution in [-0.2, 0) is 6.54 Å². The maximum atomic E-state index is 4.02. The minimum atomic E-state index is 0.843. The van der Waals surface area contributed by atoms with Gasteiger partial charge in [-0.1, -0.05) is 63.6 Å². The number of anilines is 2. The summed E-state index contributed by atoms with van der Waals surface area (Å²) in [6.07, 6.45) is 2.12. The van der Waals surface area contributed by atoms with E-state index in [4.69, 9.17) is 0 Å². The zero-order valence-electron chi connectivity index (χ0n) is 14.9. The zero-order valence-corrected chi connectivity index (χ0v) is 14.9. The van der Waals surface area contributed by atoms with Crippen molar-refractivity contribution in [2.45, 2.75) is 47.1 Å². The van der Waals surface area contributed by atoms with Gasteiger partial charge in [-0.2, -0.15) is 0 Å². The van der Waals surface area contributed by atoms with Crippen LogP contribution in [-0.4, -0.2) is 0 Å². The van der Waals surface area contributed by atoms with Gasteiger partial charge in [0, 0.05) is 23.6 Å². The third-order valence-electron chi connectivity index (χ3n) is 3.38. The highest BCUT2D eigenvalue weighted by Gasteiger charge is 1.97. The molecule has 0 heterocycles. The molecular weight excluding hydrogens is 280 g/mol. The molecule has 0 aliphatic heterocycles. The molecule has 2 aromatic rings. The predicted octanol–water partition coefficient (Wildman–Crippen LogP) is 6.36. The first-order valence-corrected chi connectivity index (χ1v) is 8.51. The maximum absolute atomic E-state index is 4.02. The second kappa shape index (κ2) is 10.5. The molecule has 0 radical (unpaired) electrons. The van der Waals surface area contributed by atoms with Crippen molar-refractivity contribution in [3.63, 3.8) is 0 Å². The molecule has 0 unspecified atom stereocenters. The highest BCUT2D eigenvalue weighted by Crippen LogP contribution is 2.17. The largest absolute Gasteiger partial charge is 0.381 e. The van der Waals surface area contributed by atoms with Crippen LogP contribution in [0.15, 0.2) is 60.8 Å². The molecule has 0 saturated heterocycles. The van der Waals surface area contributed by atoms with Crippen molar-refractivity contribution in [1.29, 1.82) is 0 Å². The predicted molar refractivity (Wildman–Crippen MR) is 104 cm³/mol. The highest BCUT2D eigenvalue weighted by molar-refractivity contribution is 5.55. The van der Waals surface area contributed by atoms with Crippen molar-refractivity contribution in [2.75, 3.05) is 10.6 Å². The third kappa shape index (κ3) is 7.05. The summed E-state index contributed by atoms with van der Waals surface area (Å²) in [4.78, 5) is 0. The van der Waals surface area contributed by atoms with Gasteiger partial charge in [-0.15, -0.1) is 0 Å². The lowest BCUT2D eigenvalue weighted by atomic mass is 10.1. The summed E-state index contributed by atoms with van der Waals surface area (Å²) in [6.45, 7) is 13.1. The lowest BCUT2D eigenvalue weighted by Gasteiger charge is -2.11. The first-order chi connectivity index (χ1) is 11.2. The lowest BCUT2D eigenvalue weighted by Crippen LogP contribution is -2.00. The molecule has 0 saturated carbocycles. The van der Waals surface area contributed by atoms with E-state index in [1.54, 1.807) is 0 Å². The smallest absolute Gasteiger partial charge is 0.0400 e. The van der Waals surface area contributed by atoms with Gasteiger partial charge in [-0.05, 0) is 43.2 Å². The Labute approximate surface area is 141 Å². The van der Waals surface area contributed by atoms with Gasteiger partial charge in [0.15, 0.2) is 0 Å². The van der Waals surface area contributed by atoms with Crippen molar-refractivity contribution in [3.05, 3.63) is 71.9 Å². The molecule has 0 amide bonds. The molecule has 0 spiro atoms. The van der Waals surface area contributed by atoms with Crippen LogP contribution >= 0.6 is 0 Å². The van der Waals surface area contributed by atoms with E-state index in [1.807, 2.05) is 13.8 Å². The van der Waals surface area contributed by atoms with E-state index in [-0.39, 0.29) is 0 Å². The first kappa shape index (κ1) is 18.8. The van der Waals surface area contributed by atoms with Crippen LogP contribution in [0.1, 0.15) is 44.7 Å². The average molecular weight is 310 g/mol. The number of aryl methyl sites for hydroxylation is 1. The van der Waals surface area contributed by atoms with Gasteiger partial charge in [0.2, 0.25) is 0 Å². The molecule has 2 aromatic carbocycles. The van der Waals surface area contributed by atoms with Crippen LogP contribution in [0.2, 0.25) is 0 Å². The van der Waals surface area contributed by atoms with Crippen LogP contribution in [0.3, 0.4) is 0 Å². The molecule has 2 N–H and O–H groups in total. The Bertz CT molecular complexity index is 568. The molecule has 0 bridgehead atoms. The Balaban J connectivity index is 0.00000127. The minimum absolute atomic E-state index is 0.843. The molecule has 0 aliphatic rings. The van der Waals surface area contributed by atoms with Gasteiger partial charge in [0.1, 0.15) is 0 Å². The van der Waals surface area contributed by atoms with Crippen molar-refractivity contribution in [3.8, 4) is 0 Å². The number of rotatable bonds is 7. The van der Waals surface area contributed by atoms with Crippen LogP contribution in [0.4, 0.5) is 11.4 Å². The Hall–Kier alpha value is -2.22. The third-order valence-corrected chi connectivity index (χ3v) is 3.38. The second-order valence-electron chi connectivity index (χ2n) is 5.40. The Morgan fingerprint density at radius 3 is 2.04 bits per heavy atom. The minimum Gasteiger partial charge on any atom is -0.381 e. The summed E-state index contributed by atoms with van der Waals surface area (Å²) in [5, 5.41) is 6.76.